The minimum absolute atomic E-state index is 0.0896. The smallest absolute Gasteiger partial charge is 0.157 e. The Morgan fingerprint density at radius 2 is 1.24 bits per heavy atom. The summed E-state index contributed by atoms with van der Waals surface area (Å²) in [6.45, 7) is 0. The van der Waals surface area contributed by atoms with Gasteiger partial charge < -0.3 is 15.3 Å². The Kier molecular flexibility index (Phi) is 3.19. The lowest BCUT2D eigenvalue weighted by Gasteiger charge is -2.04. The Balaban J connectivity index is 2.02. The summed E-state index contributed by atoms with van der Waals surface area (Å²) in [5, 5.41) is 27.7. The molecule has 17 heavy (non-hydrogen) atoms. The van der Waals surface area contributed by atoms with E-state index in [0.717, 1.165) is 24.0 Å². The van der Waals surface area contributed by atoms with E-state index in [0.29, 0.717) is 0 Å². The molecular formula is C14H14O3. The van der Waals surface area contributed by atoms with Gasteiger partial charge in [-0.15, -0.1) is 0 Å². The van der Waals surface area contributed by atoms with E-state index in [1.807, 2.05) is 12.1 Å². The van der Waals surface area contributed by atoms with Gasteiger partial charge in [0.2, 0.25) is 0 Å². The lowest BCUT2D eigenvalue weighted by Crippen LogP contribution is -1.90. The number of hydrogen-bond donors (Lipinski definition) is 3. The van der Waals surface area contributed by atoms with Crippen LogP contribution in [0.25, 0.3) is 0 Å². The first-order valence-electron chi connectivity index (χ1n) is 5.44. The molecule has 0 spiro atoms. The number of aromatic hydroxyl groups is 3. The minimum atomic E-state index is -0.0987. The average Bonchev–Trinajstić information content (AvgIpc) is 2.33. The molecule has 3 nitrogen and oxygen atoms in total. The highest BCUT2D eigenvalue weighted by Crippen LogP contribution is 2.25. The van der Waals surface area contributed by atoms with Crippen LogP contribution in [0.1, 0.15) is 11.1 Å². The largest absolute Gasteiger partial charge is 0.508 e. The monoisotopic (exact) mass is 230 g/mol. The molecule has 0 amide bonds. The van der Waals surface area contributed by atoms with Crippen LogP contribution in [-0.2, 0) is 12.8 Å². The van der Waals surface area contributed by atoms with Gasteiger partial charge in [-0.1, -0.05) is 18.2 Å². The van der Waals surface area contributed by atoms with Crippen LogP contribution in [-0.4, -0.2) is 15.3 Å². The molecule has 0 aliphatic rings. The predicted molar refractivity (Wildman–Crippen MR) is 65.3 cm³/mol. The zero-order valence-corrected chi connectivity index (χ0v) is 9.30. The van der Waals surface area contributed by atoms with Crippen molar-refractivity contribution in [1.29, 1.82) is 0 Å². The Hall–Kier alpha value is -2.16. The molecule has 0 aromatic heterocycles. The van der Waals surface area contributed by atoms with Gasteiger partial charge in [-0.3, -0.25) is 0 Å². The predicted octanol–water partition coefficient (Wildman–Crippen LogP) is 2.59. The molecule has 0 bridgehead atoms. The summed E-state index contributed by atoms with van der Waals surface area (Å²) in [5.41, 5.74) is 2.09. The maximum absolute atomic E-state index is 9.35. The van der Waals surface area contributed by atoms with Crippen molar-refractivity contribution in [2.45, 2.75) is 12.8 Å². The molecule has 2 aromatic rings. The molecule has 0 saturated carbocycles. The third-order valence-corrected chi connectivity index (χ3v) is 2.68. The highest BCUT2D eigenvalue weighted by molar-refractivity contribution is 5.40. The third kappa shape index (κ3) is 2.91. The lowest BCUT2D eigenvalue weighted by molar-refractivity contribution is 0.403. The Labute approximate surface area is 99.6 Å². The van der Waals surface area contributed by atoms with Gasteiger partial charge in [-0.25, -0.2) is 0 Å². The average molecular weight is 230 g/mol. The third-order valence-electron chi connectivity index (χ3n) is 2.68. The number of rotatable bonds is 3. The van der Waals surface area contributed by atoms with Gasteiger partial charge in [0.1, 0.15) is 5.75 Å². The molecule has 0 atom stereocenters. The van der Waals surface area contributed by atoms with Crippen LogP contribution < -0.4 is 0 Å². The van der Waals surface area contributed by atoms with Crippen molar-refractivity contribution in [3.05, 3.63) is 53.6 Å². The standard InChI is InChI=1S/C14H14O3/c15-12-6-3-10(4-7-12)1-2-11-5-8-13(16)14(17)9-11/h3-9,15-17H,1-2H2. The summed E-state index contributed by atoms with van der Waals surface area (Å²) >= 11 is 0. The fraction of sp³-hybridized carbons (Fsp3) is 0.143. The van der Waals surface area contributed by atoms with Crippen molar-refractivity contribution in [1.82, 2.24) is 0 Å². The fourth-order valence-corrected chi connectivity index (χ4v) is 1.68. The maximum Gasteiger partial charge on any atom is 0.157 e. The number of aryl methyl sites for hydroxylation is 2. The van der Waals surface area contributed by atoms with E-state index in [-0.39, 0.29) is 17.2 Å². The van der Waals surface area contributed by atoms with Crippen LogP contribution in [0.3, 0.4) is 0 Å². The van der Waals surface area contributed by atoms with Crippen molar-refractivity contribution < 1.29 is 15.3 Å². The van der Waals surface area contributed by atoms with E-state index < -0.39 is 0 Å². The van der Waals surface area contributed by atoms with Crippen LogP contribution >= 0.6 is 0 Å². The van der Waals surface area contributed by atoms with Gasteiger partial charge in [-0.05, 0) is 48.2 Å². The Morgan fingerprint density at radius 3 is 1.88 bits per heavy atom. The summed E-state index contributed by atoms with van der Waals surface area (Å²) in [7, 11) is 0. The van der Waals surface area contributed by atoms with Gasteiger partial charge in [0, 0.05) is 0 Å². The van der Waals surface area contributed by atoms with Gasteiger partial charge in [0.15, 0.2) is 11.5 Å². The molecule has 0 radical (unpaired) electrons. The zero-order chi connectivity index (χ0) is 12.3. The second-order valence-corrected chi connectivity index (χ2v) is 3.99. The Bertz CT molecular complexity index is 503. The first kappa shape index (κ1) is 11.3. The van der Waals surface area contributed by atoms with Crippen molar-refractivity contribution >= 4 is 0 Å². The topological polar surface area (TPSA) is 60.7 Å². The van der Waals surface area contributed by atoms with Crippen LogP contribution in [0.5, 0.6) is 17.2 Å². The molecule has 3 N–H and O–H groups in total. The molecule has 0 saturated heterocycles. The van der Waals surface area contributed by atoms with Gasteiger partial charge in [0.05, 0.1) is 0 Å². The second kappa shape index (κ2) is 4.78. The molecule has 0 aliphatic heterocycles. The summed E-state index contributed by atoms with van der Waals surface area (Å²) in [5.74, 6) is 0.0719. The minimum Gasteiger partial charge on any atom is -0.508 e. The molecule has 2 aromatic carbocycles. The molecule has 2 rings (SSSR count). The van der Waals surface area contributed by atoms with E-state index >= 15 is 0 Å². The molecule has 0 unspecified atom stereocenters. The number of phenolic OH excluding ortho intramolecular Hbond substituents is 3. The maximum atomic E-state index is 9.35. The quantitative estimate of drug-likeness (QED) is 0.710. The summed E-state index contributed by atoms with van der Waals surface area (Å²) < 4.78 is 0. The highest BCUT2D eigenvalue weighted by atomic mass is 16.3. The van der Waals surface area contributed by atoms with Crippen LogP contribution in [0.2, 0.25) is 0 Å². The van der Waals surface area contributed by atoms with Crippen molar-refractivity contribution in [3.8, 4) is 17.2 Å². The molecule has 88 valence electrons. The fourth-order valence-electron chi connectivity index (χ4n) is 1.68. The molecule has 3 heteroatoms. The summed E-state index contributed by atoms with van der Waals surface area (Å²) in [4.78, 5) is 0. The first-order chi connectivity index (χ1) is 8.15. The number of benzene rings is 2. The van der Waals surface area contributed by atoms with E-state index in [9.17, 15) is 10.2 Å². The summed E-state index contributed by atoms with van der Waals surface area (Å²) in [6, 6.07) is 11.9. The number of hydrogen-bond acceptors (Lipinski definition) is 3. The SMILES string of the molecule is Oc1ccc(CCc2ccc(O)c(O)c2)cc1. The van der Waals surface area contributed by atoms with E-state index in [4.69, 9.17) is 5.11 Å². The van der Waals surface area contributed by atoms with Crippen LogP contribution in [0.15, 0.2) is 42.5 Å². The number of phenols is 3. The lowest BCUT2D eigenvalue weighted by atomic mass is 10.0. The van der Waals surface area contributed by atoms with Gasteiger partial charge in [0.25, 0.3) is 0 Å². The molecule has 0 aliphatic carbocycles. The van der Waals surface area contributed by atoms with Crippen LogP contribution in [0.4, 0.5) is 0 Å². The molecule has 0 heterocycles. The van der Waals surface area contributed by atoms with Gasteiger partial charge in [-0.2, -0.15) is 0 Å². The molecule has 0 fully saturated rings. The van der Waals surface area contributed by atoms with E-state index in [2.05, 4.69) is 0 Å². The molecular weight excluding hydrogens is 216 g/mol. The van der Waals surface area contributed by atoms with Crippen molar-refractivity contribution in [2.24, 2.45) is 0 Å². The summed E-state index contributed by atoms with van der Waals surface area (Å²) in [6.07, 6.45) is 1.60. The first-order valence-corrected chi connectivity index (χ1v) is 5.44. The normalized spacial score (nSPS) is 10.4. The van der Waals surface area contributed by atoms with Crippen molar-refractivity contribution in [2.75, 3.05) is 0 Å². The van der Waals surface area contributed by atoms with E-state index in [1.165, 1.54) is 6.07 Å². The van der Waals surface area contributed by atoms with E-state index in [1.54, 1.807) is 24.3 Å². The Morgan fingerprint density at radius 1 is 0.647 bits per heavy atom. The highest BCUT2D eigenvalue weighted by Gasteiger charge is 2.01. The van der Waals surface area contributed by atoms with Gasteiger partial charge >= 0.3 is 0 Å². The zero-order valence-electron chi connectivity index (χ0n) is 9.30. The van der Waals surface area contributed by atoms with Crippen molar-refractivity contribution in [3.63, 3.8) is 0 Å². The van der Waals surface area contributed by atoms with Crippen LogP contribution in [0, 0.1) is 0 Å². The second-order valence-electron chi connectivity index (χ2n) is 3.99.